The van der Waals surface area contributed by atoms with Gasteiger partial charge in [-0.25, -0.2) is 0 Å². The molecule has 0 aromatic rings. The predicted octanol–water partition coefficient (Wildman–Crippen LogP) is 3.35. The Morgan fingerprint density at radius 2 is 2.10 bits per heavy atom. The van der Waals surface area contributed by atoms with Gasteiger partial charge in [0.05, 0.1) is 12.2 Å². The SMILES string of the molecule is CCC1CCCC(OC(C)CC(C)(NC2CC2)C(=O)O)C1. The van der Waals surface area contributed by atoms with Crippen LogP contribution in [0.2, 0.25) is 0 Å². The summed E-state index contributed by atoms with van der Waals surface area (Å²) >= 11 is 0. The molecule has 0 radical (unpaired) electrons. The van der Waals surface area contributed by atoms with Crippen molar-refractivity contribution in [2.45, 2.75) is 95.9 Å². The molecular formula is C17H31NO3. The Balaban J connectivity index is 1.83. The van der Waals surface area contributed by atoms with Crippen molar-refractivity contribution in [2.75, 3.05) is 0 Å². The summed E-state index contributed by atoms with van der Waals surface area (Å²) in [7, 11) is 0. The van der Waals surface area contributed by atoms with Crippen LogP contribution in [0.3, 0.4) is 0 Å². The van der Waals surface area contributed by atoms with Gasteiger partial charge in [0.15, 0.2) is 0 Å². The minimum absolute atomic E-state index is 0.0158. The zero-order valence-electron chi connectivity index (χ0n) is 13.7. The van der Waals surface area contributed by atoms with E-state index in [2.05, 4.69) is 12.2 Å². The molecule has 2 N–H and O–H groups in total. The predicted molar refractivity (Wildman–Crippen MR) is 83.4 cm³/mol. The maximum atomic E-state index is 11.6. The van der Waals surface area contributed by atoms with Crippen LogP contribution in [-0.2, 0) is 9.53 Å². The van der Waals surface area contributed by atoms with Gasteiger partial charge in [0, 0.05) is 12.5 Å². The lowest BCUT2D eigenvalue weighted by Crippen LogP contribution is -2.52. The molecule has 2 saturated carbocycles. The van der Waals surface area contributed by atoms with Crippen LogP contribution in [0.15, 0.2) is 0 Å². The highest BCUT2D eigenvalue weighted by atomic mass is 16.5. The smallest absolute Gasteiger partial charge is 0.323 e. The van der Waals surface area contributed by atoms with Crippen LogP contribution in [0.5, 0.6) is 0 Å². The van der Waals surface area contributed by atoms with E-state index in [1.54, 1.807) is 6.92 Å². The molecule has 0 spiro atoms. The fraction of sp³-hybridized carbons (Fsp3) is 0.941. The van der Waals surface area contributed by atoms with Crippen molar-refractivity contribution in [2.24, 2.45) is 5.92 Å². The van der Waals surface area contributed by atoms with Crippen LogP contribution in [0.25, 0.3) is 0 Å². The van der Waals surface area contributed by atoms with Gasteiger partial charge in [0.25, 0.3) is 0 Å². The van der Waals surface area contributed by atoms with Gasteiger partial charge >= 0.3 is 5.97 Å². The van der Waals surface area contributed by atoms with Crippen molar-refractivity contribution in [3.8, 4) is 0 Å². The van der Waals surface area contributed by atoms with Gasteiger partial charge in [-0.15, -0.1) is 0 Å². The van der Waals surface area contributed by atoms with E-state index < -0.39 is 11.5 Å². The van der Waals surface area contributed by atoms with Gasteiger partial charge in [-0.1, -0.05) is 26.2 Å². The molecule has 0 aromatic carbocycles. The molecule has 4 unspecified atom stereocenters. The van der Waals surface area contributed by atoms with Crippen LogP contribution >= 0.6 is 0 Å². The second-order valence-electron chi connectivity index (χ2n) is 7.27. The van der Waals surface area contributed by atoms with E-state index in [1.165, 1.54) is 19.3 Å². The van der Waals surface area contributed by atoms with Gasteiger partial charge in [0.2, 0.25) is 0 Å². The second kappa shape index (κ2) is 7.10. The molecule has 2 fully saturated rings. The van der Waals surface area contributed by atoms with E-state index in [1.807, 2.05) is 6.92 Å². The molecule has 0 saturated heterocycles. The van der Waals surface area contributed by atoms with Crippen molar-refractivity contribution in [1.29, 1.82) is 0 Å². The van der Waals surface area contributed by atoms with Gasteiger partial charge in [-0.05, 0) is 45.4 Å². The summed E-state index contributed by atoms with van der Waals surface area (Å²) in [5.41, 5.74) is -0.862. The third-order valence-corrected chi connectivity index (χ3v) is 5.00. The van der Waals surface area contributed by atoms with E-state index in [4.69, 9.17) is 4.74 Å². The number of ether oxygens (including phenoxy) is 1. The highest BCUT2D eigenvalue weighted by molar-refractivity contribution is 5.78. The molecule has 4 atom stereocenters. The first-order valence-electron chi connectivity index (χ1n) is 8.59. The second-order valence-corrected chi connectivity index (χ2v) is 7.27. The lowest BCUT2D eigenvalue weighted by molar-refractivity contribution is -0.147. The highest BCUT2D eigenvalue weighted by Gasteiger charge is 2.40. The van der Waals surface area contributed by atoms with Gasteiger partial charge in [0.1, 0.15) is 5.54 Å². The first-order valence-corrected chi connectivity index (χ1v) is 8.59. The van der Waals surface area contributed by atoms with Crippen LogP contribution in [0, 0.1) is 5.92 Å². The van der Waals surface area contributed by atoms with Crippen LogP contribution in [0.1, 0.15) is 72.1 Å². The number of hydrogen-bond acceptors (Lipinski definition) is 3. The van der Waals surface area contributed by atoms with E-state index in [0.717, 1.165) is 31.6 Å². The average molecular weight is 297 g/mol. The maximum absolute atomic E-state index is 11.6. The molecule has 21 heavy (non-hydrogen) atoms. The Morgan fingerprint density at radius 3 is 2.67 bits per heavy atom. The standard InChI is InChI=1S/C17H31NO3/c1-4-13-6-5-7-15(10-13)21-12(2)11-17(3,16(19)20)18-14-8-9-14/h12-15,18H,4-11H2,1-3H3,(H,19,20). The molecule has 0 heterocycles. The van der Waals surface area contributed by atoms with Crippen molar-refractivity contribution in [1.82, 2.24) is 5.32 Å². The lowest BCUT2D eigenvalue weighted by atomic mass is 9.85. The van der Waals surface area contributed by atoms with E-state index in [0.29, 0.717) is 18.6 Å². The maximum Gasteiger partial charge on any atom is 0.323 e. The number of aliphatic carboxylic acids is 1. The highest BCUT2D eigenvalue weighted by Crippen LogP contribution is 2.31. The van der Waals surface area contributed by atoms with Crippen LogP contribution < -0.4 is 5.32 Å². The zero-order chi connectivity index (χ0) is 15.5. The summed E-state index contributed by atoms with van der Waals surface area (Å²) in [6, 6.07) is 0.387. The first-order chi connectivity index (χ1) is 9.93. The third kappa shape index (κ3) is 4.96. The average Bonchev–Trinajstić information content (AvgIpc) is 3.22. The molecule has 0 aromatic heterocycles. The van der Waals surface area contributed by atoms with E-state index >= 15 is 0 Å². The fourth-order valence-corrected chi connectivity index (χ4v) is 3.57. The molecule has 0 amide bonds. The van der Waals surface area contributed by atoms with Crippen LogP contribution in [-0.4, -0.2) is 34.9 Å². The number of carboxylic acids is 1. The Hall–Kier alpha value is -0.610. The lowest BCUT2D eigenvalue weighted by Gasteiger charge is -2.34. The minimum atomic E-state index is -0.862. The number of hydrogen-bond donors (Lipinski definition) is 2. The normalized spacial score (nSPS) is 30.6. The number of carbonyl (C=O) groups is 1. The van der Waals surface area contributed by atoms with Crippen molar-refractivity contribution < 1.29 is 14.6 Å². The Morgan fingerprint density at radius 1 is 1.38 bits per heavy atom. The third-order valence-electron chi connectivity index (χ3n) is 5.00. The summed E-state index contributed by atoms with van der Waals surface area (Å²) in [6.07, 6.45) is 9.08. The summed E-state index contributed by atoms with van der Waals surface area (Å²) in [4.78, 5) is 11.6. The number of nitrogens with one attached hydrogen (secondary N) is 1. The molecule has 0 aliphatic heterocycles. The molecule has 2 aliphatic rings. The Kier molecular flexibility index (Phi) is 5.67. The molecular weight excluding hydrogens is 266 g/mol. The minimum Gasteiger partial charge on any atom is -0.480 e. The monoisotopic (exact) mass is 297 g/mol. The van der Waals surface area contributed by atoms with Gasteiger partial charge in [-0.3, -0.25) is 10.1 Å². The number of carboxylic acid groups (broad SMARTS) is 1. The van der Waals surface area contributed by atoms with Crippen molar-refractivity contribution >= 4 is 5.97 Å². The summed E-state index contributed by atoms with van der Waals surface area (Å²) < 4.78 is 6.17. The fourth-order valence-electron chi connectivity index (χ4n) is 3.57. The quantitative estimate of drug-likeness (QED) is 0.721. The molecule has 4 heteroatoms. The van der Waals surface area contributed by atoms with Gasteiger partial charge in [-0.2, -0.15) is 0 Å². The summed E-state index contributed by atoms with van der Waals surface area (Å²) in [5.74, 6) is 0.0197. The molecule has 2 rings (SSSR count). The van der Waals surface area contributed by atoms with E-state index in [9.17, 15) is 9.90 Å². The van der Waals surface area contributed by atoms with Crippen LogP contribution in [0.4, 0.5) is 0 Å². The molecule has 0 bridgehead atoms. The number of rotatable bonds is 8. The summed E-state index contributed by atoms with van der Waals surface area (Å²) in [6.45, 7) is 6.06. The van der Waals surface area contributed by atoms with Gasteiger partial charge < -0.3 is 9.84 Å². The summed E-state index contributed by atoms with van der Waals surface area (Å²) in [5, 5.41) is 12.8. The topological polar surface area (TPSA) is 58.6 Å². The zero-order valence-corrected chi connectivity index (χ0v) is 13.7. The first kappa shape index (κ1) is 16.8. The molecule has 122 valence electrons. The Bertz CT molecular complexity index is 356. The molecule has 4 nitrogen and oxygen atoms in total. The van der Waals surface area contributed by atoms with E-state index in [-0.39, 0.29) is 6.10 Å². The van der Waals surface area contributed by atoms with Crippen molar-refractivity contribution in [3.05, 3.63) is 0 Å². The van der Waals surface area contributed by atoms with Crippen molar-refractivity contribution in [3.63, 3.8) is 0 Å². The largest absolute Gasteiger partial charge is 0.480 e. The Labute approximate surface area is 128 Å². The molecule has 2 aliphatic carbocycles.